The summed E-state index contributed by atoms with van der Waals surface area (Å²) in [5.41, 5.74) is 4.81. The Morgan fingerprint density at radius 2 is 1.93 bits per heavy atom. The van der Waals surface area contributed by atoms with Crippen molar-refractivity contribution in [3.8, 4) is 0 Å². The number of amides is 1. The zero-order chi connectivity index (χ0) is 21.3. The molecule has 4 rings (SSSR count). The summed E-state index contributed by atoms with van der Waals surface area (Å²) >= 11 is 1.59. The Labute approximate surface area is 179 Å². The fourth-order valence-electron chi connectivity index (χ4n) is 3.45. The summed E-state index contributed by atoms with van der Waals surface area (Å²) in [5, 5.41) is 10.3. The summed E-state index contributed by atoms with van der Waals surface area (Å²) in [5.74, 6) is -0.139. The summed E-state index contributed by atoms with van der Waals surface area (Å²) < 4.78 is 25.3. The largest absolute Gasteiger partial charge is 0.284 e. The summed E-state index contributed by atoms with van der Waals surface area (Å²) in [4.78, 5) is 13.2. The van der Waals surface area contributed by atoms with E-state index in [9.17, 15) is 13.2 Å². The number of hydrazone groups is 1. The first-order valence-electron chi connectivity index (χ1n) is 9.38. The Morgan fingerprint density at radius 3 is 2.57 bits per heavy atom. The topological polar surface area (TPSA) is 78.8 Å². The Kier molecular flexibility index (Phi) is 5.44. The number of aryl methyl sites for hydroxylation is 1. The number of benzene rings is 2. The molecule has 1 aromatic heterocycles. The lowest BCUT2D eigenvalue weighted by Crippen LogP contribution is -2.26. The second kappa shape index (κ2) is 8.04. The van der Waals surface area contributed by atoms with Crippen LogP contribution in [-0.4, -0.2) is 31.3 Å². The number of hydrogen-bond donors (Lipinski definition) is 1. The molecular weight excluding hydrogens is 418 g/mol. The first-order valence-corrected chi connectivity index (χ1v) is 12.2. The van der Waals surface area contributed by atoms with Crippen molar-refractivity contribution < 1.29 is 13.2 Å². The van der Waals surface area contributed by atoms with E-state index >= 15 is 0 Å². The lowest BCUT2D eigenvalue weighted by atomic mass is 10.00. The van der Waals surface area contributed by atoms with E-state index in [1.807, 2.05) is 54.1 Å². The molecule has 2 heterocycles. The van der Waals surface area contributed by atoms with Gasteiger partial charge < -0.3 is 0 Å². The summed E-state index contributed by atoms with van der Waals surface area (Å²) in [7, 11) is -3.33. The van der Waals surface area contributed by atoms with Gasteiger partial charge >= 0.3 is 0 Å². The number of rotatable bonds is 5. The first-order chi connectivity index (χ1) is 14.3. The maximum absolute atomic E-state index is 13.2. The highest BCUT2D eigenvalue weighted by molar-refractivity contribution is 7.92. The Morgan fingerprint density at radius 1 is 1.17 bits per heavy atom. The van der Waals surface area contributed by atoms with Crippen LogP contribution in [0.15, 0.2) is 70.5 Å². The van der Waals surface area contributed by atoms with E-state index in [1.165, 1.54) is 0 Å². The van der Waals surface area contributed by atoms with Crippen molar-refractivity contribution in [3.63, 3.8) is 0 Å². The van der Waals surface area contributed by atoms with Gasteiger partial charge in [0.15, 0.2) is 0 Å². The average Bonchev–Trinajstić information content (AvgIpc) is 3.36. The number of sulfonamides is 1. The second-order valence-corrected chi connectivity index (χ2v) is 9.82. The number of nitrogens with one attached hydrogen (secondary N) is 1. The molecule has 154 valence electrons. The second-order valence-electron chi connectivity index (χ2n) is 7.29. The predicted octanol–water partition coefficient (Wildman–Crippen LogP) is 4.42. The third-order valence-electron chi connectivity index (χ3n) is 4.83. The van der Waals surface area contributed by atoms with Crippen molar-refractivity contribution in [3.05, 3.63) is 87.6 Å². The fraction of sp³-hybridized carbons (Fsp3) is 0.182. The molecule has 0 fully saturated rings. The van der Waals surface area contributed by atoms with E-state index in [1.54, 1.807) is 34.5 Å². The molecule has 6 nitrogen and oxygen atoms in total. The van der Waals surface area contributed by atoms with Crippen LogP contribution in [0.4, 0.5) is 5.69 Å². The summed E-state index contributed by atoms with van der Waals surface area (Å²) in [6, 6.07) is 16.4. The van der Waals surface area contributed by atoms with E-state index in [-0.39, 0.29) is 11.9 Å². The number of anilines is 1. The highest BCUT2D eigenvalue weighted by atomic mass is 32.2. The molecule has 1 aliphatic rings. The normalized spacial score (nSPS) is 16.4. The molecule has 0 saturated heterocycles. The number of hydrogen-bond acceptors (Lipinski definition) is 5. The van der Waals surface area contributed by atoms with Crippen LogP contribution in [0.2, 0.25) is 0 Å². The van der Waals surface area contributed by atoms with Gasteiger partial charge in [-0.05, 0) is 59.1 Å². The molecule has 0 radical (unpaired) electrons. The van der Waals surface area contributed by atoms with Gasteiger partial charge in [0.2, 0.25) is 10.0 Å². The standard InChI is InChI=1S/C22H21N3O3S2/c1-15-4-3-5-17(12-15)22(26)25-21(18-10-11-29-14-18)13-20(23-25)16-6-8-19(9-7-16)24-30(2,27)28/h3-12,14,21,24H,13H2,1-2H3/t21-/m1/s1. The number of nitrogens with zero attached hydrogens (tertiary/aromatic N) is 2. The number of thiophene rings is 1. The number of carbonyl (C=O) groups excluding carboxylic acids is 1. The maximum atomic E-state index is 13.2. The van der Waals surface area contributed by atoms with Gasteiger partial charge in [0.1, 0.15) is 0 Å². The monoisotopic (exact) mass is 439 g/mol. The zero-order valence-corrected chi connectivity index (χ0v) is 18.2. The molecule has 1 N–H and O–H groups in total. The van der Waals surface area contributed by atoms with Gasteiger partial charge in [-0.15, -0.1) is 0 Å². The molecule has 8 heteroatoms. The Bertz CT molecular complexity index is 1200. The zero-order valence-electron chi connectivity index (χ0n) is 16.6. The molecule has 1 amide bonds. The van der Waals surface area contributed by atoms with Crippen LogP contribution in [0.25, 0.3) is 0 Å². The smallest absolute Gasteiger partial charge is 0.274 e. The van der Waals surface area contributed by atoms with Crippen molar-refractivity contribution >= 4 is 38.7 Å². The molecule has 0 aliphatic carbocycles. The lowest BCUT2D eigenvalue weighted by molar-refractivity contribution is 0.0711. The van der Waals surface area contributed by atoms with Gasteiger partial charge in [-0.2, -0.15) is 16.4 Å². The van der Waals surface area contributed by atoms with E-state index in [4.69, 9.17) is 0 Å². The minimum Gasteiger partial charge on any atom is -0.284 e. The molecule has 30 heavy (non-hydrogen) atoms. The van der Waals surface area contributed by atoms with Gasteiger partial charge in [0.25, 0.3) is 5.91 Å². The Balaban J connectivity index is 1.66. The van der Waals surface area contributed by atoms with Crippen LogP contribution in [0.5, 0.6) is 0 Å². The quantitative estimate of drug-likeness (QED) is 0.639. The van der Waals surface area contributed by atoms with Gasteiger partial charge in [-0.25, -0.2) is 13.4 Å². The molecule has 3 aromatic rings. The molecule has 1 atom stereocenters. The molecule has 0 spiro atoms. The van der Waals surface area contributed by atoms with Crippen LogP contribution < -0.4 is 4.72 Å². The first kappa shape index (κ1) is 20.3. The van der Waals surface area contributed by atoms with Crippen molar-refractivity contribution in [1.29, 1.82) is 0 Å². The number of carbonyl (C=O) groups is 1. The summed E-state index contributed by atoms with van der Waals surface area (Å²) in [6.07, 6.45) is 1.70. The van der Waals surface area contributed by atoms with Crippen LogP contribution in [0, 0.1) is 6.92 Å². The van der Waals surface area contributed by atoms with E-state index < -0.39 is 10.0 Å². The molecular formula is C22H21N3O3S2. The van der Waals surface area contributed by atoms with Crippen LogP contribution in [0.1, 0.15) is 39.5 Å². The third-order valence-corrected chi connectivity index (χ3v) is 6.14. The SMILES string of the molecule is Cc1cccc(C(=O)N2N=C(c3ccc(NS(C)(=O)=O)cc3)C[C@@H]2c2ccsc2)c1. The van der Waals surface area contributed by atoms with E-state index in [0.29, 0.717) is 17.7 Å². The minimum atomic E-state index is -3.33. The molecule has 0 bridgehead atoms. The van der Waals surface area contributed by atoms with Crippen molar-refractivity contribution in [2.75, 3.05) is 11.0 Å². The van der Waals surface area contributed by atoms with Crippen LogP contribution >= 0.6 is 11.3 Å². The van der Waals surface area contributed by atoms with Gasteiger partial charge in [-0.1, -0.05) is 29.8 Å². The highest BCUT2D eigenvalue weighted by Crippen LogP contribution is 2.35. The summed E-state index contributed by atoms with van der Waals surface area (Å²) in [6.45, 7) is 1.96. The van der Waals surface area contributed by atoms with Crippen molar-refractivity contribution in [2.24, 2.45) is 5.10 Å². The van der Waals surface area contributed by atoms with Gasteiger partial charge in [0, 0.05) is 17.7 Å². The maximum Gasteiger partial charge on any atom is 0.274 e. The fourth-order valence-corrected chi connectivity index (χ4v) is 4.72. The van der Waals surface area contributed by atoms with Crippen molar-refractivity contribution in [1.82, 2.24) is 5.01 Å². The van der Waals surface area contributed by atoms with Crippen LogP contribution in [0.3, 0.4) is 0 Å². The van der Waals surface area contributed by atoms with E-state index in [0.717, 1.165) is 28.7 Å². The van der Waals surface area contributed by atoms with E-state index in [2.05, 4.69) is 9.82 Å². The molecule has 0 unspecified atom stereocenters. The molecule has 0 saturated carbocycles. The molecule has 1 aliphatic heterocycles. The minimum absolute atomic E-state index is 0.139. The van der Waals surface area contributed by atoms with Crippen molar-refractivity contribution in [2.45, 2.75) is 19.4 Å². The van der Waals surface area contributed by atoms with Gasteiger partial charge in [0.05, 0.1) is 18.0 Å². The lowest BCUT2D eigenvalue weighted by Gasteiger charge is -2.21. The molecule has 2 aromatic carbocycles. The van der Waals surface area contributed by atoms with Gasteiger partial charge in [-0.3, -0.25) is 9.52 Å². The predicted molar refractivity (Wildman–Crippen MR) is 120 cm³/mol. The highest BCUT2D eigenvalue weighted by Gasteiger charge is 2.33. The third kappa shape index (κ3) is 4.44. The average molecular weight is 440 g/mol. The van der Waals surface area contributed by atoms with Crippen LogP contribution in [-0.2, 0) is 10.0 Å². The Hall–Kier alpha value is -2.97.